The summed E-state index contributed by atoms with van der Waals surface area (Å²) in [5.74, 6) is 0.959. The van der Waals surface area contributed by atoms with Gasteiger partial charge in [-0.15, -0.1) is 0 Å². The van der Waals surface area contributed by atoms with E-state index in [1.807, 2.05) is 36.5 Å². The van der Waals surface area contributed by atoms with Crippen molar-refractivity contribution in [3.8, 4) is 0 Å². The van der Waals surface area contributed by atoms with Crippen LogP contribution in [0.2, 0.25) is 0 Å². The fraction of sp³-hybridized carbons (Fsp3) is 0.478. The summed E-state index contributed by atoms with van der Waals surface area (Å²) in [6.07, 6.45) is 5.54. The van der Waals surface area contributed by atoms with Gasteiger partial charge in [0.05, 0.1) is 0 Å². The number of amides is 1. The molecule has 0 spiro atoms. The molecule has 1 aliphatic rings. The van der Waals surface area contributed by atoms with Crippen molar-refractivity contribution in [2.75, 3.05) is 29.4 Å². The van der Waals surface area contributed by atoms with Crippen LogP contribution in [0.4, 0.5) is 11.5 Å². The maximum Gasteiger partial charge on any atom is 0.251 e. The first-order chi connectivity index (χ1) is 13.6. The number of carbonyl (C=O) groups is 1. The van der Waals surface area contributed by atoms with E-state index in [1.165, 1.54) is 19.3 Å². The lowest BCUT2D eigenvalue weighted by Crippen LogP contribution is -2.32. The molecule has 5 nitrogen and oxygen atoms in total. The molecule has 28 heavy (non-hydrogen) atoms. The summed E-state index contributed by atoms with van der Waals surface area (Å²) < 4.78 is 0. The molecule has 0 saturated carbocycles. The number of benzene rings is 1. The van der Waals surface area contributed by atoms with Crippen LogP contribution in [0.15, 0.2) is 42.6 Å². The van der Waals surface area contributed by atoms with E-state index in [4.69, 9.17) is 0 Å². The van der Waals surface area contributed by atoms with E-state index in [0.717, 1.165) is 36.7 Å². The number of hydrogen-bond acceptors (Lipinski definition) is 4. The van der Waals surface area contributed by atoms with Crippen molar-refractivity contribution >= 4 is 17.4 Å². The molecule has 1 amide bonds. The molecular weight excluding hydrogens is 348 g/mol. The van der Waals surface area contributed by atoms with Crippen molar-refractivity contribution in [3.05, 3.63) is 53.7 Å². The molecule has 1 aliphatic heterocycles. The van der Waals surface area contributed by atoms with Gasteiger partial charge >= 0.3 is 0 Å². The zero-order valence-electron chi connectivity index (χ0n) is 17.3. The highest BCUT2D eigenvalue weighted by molar-refractivity contribution is 5.94. The van der Waals surface area contributed by atoms with E-state index >= 15 is 0 Å². The summed E-state index contributed by atoms with van der Waals surface area (Å²) in [5, 5.41) is 3.06. The fourth-order valence-electron chi connectivity index (χ4n) is 3.89. The Labute approximate surface area is 168 Å². The van der Waals surface area contributed by atoms with Crippen LogP contribution >= 0.6 is 0 Å². The average molecular weight is 381 g/mol. The monoisotopic (exact) mass is 380 g/mol. The minimum Gasteiger partial charge on any atom is -0.369 e. The van der Waals surface area contributed by atoms with Crippen LogP contribution in [0, 0.1) is 0 Å². The lowest BCUT2D eigenvalue weighted by Gasteiger charge is -2.29. The molecule has 0 radical (unpaired) electrons. The Morgan fingerprint density at radius 3 is 2.50 bits per heavy atom. The lowest BCUT2D eigenvalue weighted by atomic mass is 10.1. The lowest BCUT2D eigenvalue weighted by molar-refractivity contribution is 0.0951. The van der Waals surface area contributed by atoms with Gasteiger partial charge in [-0.05, 0) is 70.4 Å². The maximum absolute atomic E-state index is 12.6. The summed E-state index contributed by atoms with van der Waals surface area (Å²) in [5.41, 5.74) is 2.91. The predicted molar refractivity (Wildman–Crippen MR) is 116 cm³/mol. The van der Waals surface area contributed by atoms with Gasteiger partial charge in [-0.2, -0.15) is 0 Å². The Balaban J connectivity index is 1.64. The van der Waals surface area contributed by atoms with E-state index < -0.39 is 0 Å². The van der Waals surface area contributed by atoms with E-state index in [9.17, 15) is 4.79 Å². The fourth-order valence-corrected chi connectivity index (χ4v) is 3.89. The Hall–Kier alpha value is -2.56. The van der Waals surface area contributed by atoms with E-state index in [-0.39, 0.29) is 5.91 Å². The van der Waals surface area contributed by atoms with Crippen molar-refractivity contribution < 1.29 is 4.79 Å². The highest BCUT2D eigenvalue weighted by Gasteiger charge is 2.16. The third-order valence-corrected chi connectivity index (χ3v) is 5.39. The molecule has 5 heteroatoms. The van der Waals surface area contributed by atoms with Gasteiger partial charge in [0.15, 0.2) is 0 Å². The van der Waals surface area contributed by atoms with E-state index in [0.29, 0.717) is 18.2 Å². The van der Waals surface area contributed by atoms with Crippen LogP contribution in [0.3, 0.4) is 0 Å². The van der Waals surface area contributed by atoms with Crippen LogP contribution in [-0.2, 0) is 6.54 Å². The Bertz CT molecular complexity index is 766. The molecule has 1 aromatic carbocycles. The Morgan fingerprint density at radius 1 is 1.14 bits per heavy atom. The molecule has 1 saturated heterocycles. The number of piperidine rings is 1. The molecule has 0 unspecified atom stereocenters. The predicted octanol–water partition coefficient (Wildman–Crippen LogP) is 4.24. The van der Waals surface area contributed by atoms with Gasteiger partial charge in [0.2, 0.25) is 0 Å². The van der Waals surface area contributed by atoms with Gasteiger partial charge in [-0.3, -0.25) is 4.79 Å². The van der Waals surface area contributed by atoms with Crippen LogP contribution in [0.5, 0.6) is 0 Å². The molecule has 1 aromatic heterocycles. The normalized spacial score (nSPS) is 14.2. The molecule has 2 aromatic rings. The molecule has 0 aliphatic carbocycles. The second-order valence-corrected chi connectivity index (χ2v) is 7.64. The highest BCUT2D eigenvalue weighted by Crippen LogP contribution is 2.22. The smallest absolute Gasteiger partial charge is 0.251 e. The van der Waals surface area contributed by atoms with E-state index in [2.05, 4.69) is 46.9 Å². The number of pyridine rings is 1. The molecule has 3 rings (SSSR count). The zero-order valence-corrected chi connectivity index (χ0v) is 17.3. The van der Waals surface area contributed by atoms with Crippen molar-refractivity contribution in [3.63, 3.8) is 0 Å². The average Bonchev–Trinajstić information content (AvgIpc) is 2.73. The molecule has 0 bridgehead atoms. The minimum atomic E-state index is -0.0485. The first-order valence-electron chi connectivity index (χ1n) is 10.4. The van der Waals surface area contributed by atoms with Gasteiger partial charge < -0.3 is 15.1 Å². The van der Waals surface area contributed by atoms with Gasteiger partial charge in [0, 0.05) is 55.2 Å². The number of rotatable bonds is 7. The standard InChI is InChI=1S/C23H32N4O/c1-4-27(18(2)3)21-12-10-19(11-13-21)23(28)25-17-20-9-8-14-24-22(20)26-15-6-5-7-16-26/h8-14,18H,4-7,15-17H2,1-3H3,(H,25,28). The topological polar surface area (TPSA) is 48.5 Å². The highest BCUT2D eigenvalue weighted by atomic mass is 16.1. The Morgan fingerprint density at radius 2 is 1.86 bits per heavy atom. The summed E-state index contributed by atoms with van der Waals surface area (Å²) in [4.78, 5) is 21.9. The number of hydrogen-bond donors (Lipinski definition) is 1. The number of nitrogens with zero attached hydrogens (tertiary/aromatic N) is 3. The molecule has 150 valence electrons. The first kappa shape index (κ1) is 20.2. The molecule has 2 heterocycles. The molecule has 0 atom stereocenters. The van der Waals surface area contributed by atoms with Crippen LogP contribution in [0.25, 0.3) is 0 Å². The molecule has 1 N–H and O–H groups in total. The van der Waals surface area contributed by atoms with Crippen LogP contribution < -0.4 is 15.1 Å². The van der Waals surface area contributed by atoms with Gasteiger partial charge in [0.1, 0.15) is 5.82 Å². The van der Waals surface area contributed by atoms with Gasteiger partial charge in [0.25, 0.3) is 5.91 Å². The second kappa shape index (κ2) is 9.58. The van der Waals surface area contributed by atoms with Crippen LogP contribution in [0.1, 0.15) is 56.0 Å². The molecular formula is C23H32N4O. The number of aromatic nitrogens is 1. The summed E-state index contributed by atoms with van der Waals surface area (Å²) in [6.45, 7) is 10.0. The minimum absolute atomic E-state index is 0.0485. The van der Waals surface area contributed by atoms with Gasteiger partial charge in [-0.1, -0.05) is 6.07 Å². The van der Waals surface area contributed by atoms with Crippen molar-refractivity contribution in [2.24, 2.45) is 0 Å². The maximum atomic E-state index is 12.6. The van der Waals surface area contributed by atoms with Gasteiger partial charge in [-0.25, -0.2) is 4.98 Å². The molecule has 1 fully saturated rings. The number of nitrogens with one attached hydrogen (secondary N) is 1. The summed E-state index contributed by atoms with van der Waals surface area (Å²) >= 11 is 0. The van der Waals surface area contributed by atoms with Crippen molar-refractivity contribution in [1.29, 1.82) is 0 Å². The summed E-state index contributed by atoms with van der Waals surface area (Å²) in [7, 11) is 0. The van der Waals surface area contributed by atoms with Crippen molar-refractivity contribution in [1.82, 2.24) is 10.3 Å². The van der Waals surface area contributed by atoms with E-state index in [1.54, 1.807) is 0 Å². The Kier molecular flexibility index (Phi) is 6.90. The number of carbonyl (C=O) groups excluding carboxylic acids is 1. The zero-order chi connectivity index (χ0) is 19.9. The first-order valence-corrected chi connectivity index (χ1v) is 10.4. The quantitative estimate of drug-likeness (QED) is 0.781. The third-order valence-electron chi connectivity index (χ3n) is 5.39. The summed E-state index contributed by atoms with van der Waals surface area (Å²) in [6, 6.07) is 12.3. The largest absolute Gasteiger partial charge is 0.369 e. The number of anilines is 2. The van der Waals surface area contributed by atoms with Crippen molar-refractivity contribution in [2.45, 2.75) is 52.6 Å². The second-order valence-electron chi connectivity index (χ2n) is 7.64. The van der Waals surface area contributed by atoms with Crippen LogP contribution in [-0.4, -0.2) is 36.6 Å². The SMILES string of the molecule is CCN(c1ccc(C(=O)NCc2cccnc2N2CCCCC2)cc1)C(C)C. The third kappa shape index (κ3) is 4.83.